The van der Waals surface area contributed by atoms with E-state index in [1.807, 2.05) is 0 Å². The molecule has 0 fully saturated rings. The molecule has 0 radical (unpaired) electrons. The molecule has 2 heterocycles. The Hall–Kier alpha value is -3.39. The molecule has 34 heavy (non-hydrogen) atoms. The van der Waals surface area contributed by atoms with Gasteiger partial charge in [-0.25, -0.2) is 4.57 Å². The molecule has 0 spiro atoms. The van der Waals surface area contributed by atoms with E-state index in [0.29, 0.717) is 11.8 Å². The first kappa shape index (κ1) is 22.4. The molecule has 0 N–H and O–H groups in total. The molecule has 5 aromatic rings. The van der Waals surface area contributed by atoms with E-state index in [1.54, 1.807) is 0 Å². The van der Waals surface area contributed by atoms with Gasteiger partial charge in [-0.2, -0.15) is 4.57 Å². The average molecular weight is 448 g/mol. The van der Waals surface area contributed by atoms with Crippen LogP contribution in [0.2, 0.25) is 0 Å². The summed E-state index contributed by atoms with van der Waals surface area (Å²) in [6, 6.07) is 24.7. The number of pyridine rings is 1. The highest BCUT2D eigenvalue weighted by Crippen LogP contribution is 2.39. The van der Waals surface area contributed by atoms with Crippen LogP contribution < -0.4 is 4.57 Å². The van der Waals surface area contributed by atoms with E-state index in [9.17, 15) is 0 Å². The molecule has 0 amide bonds. The number of aromatic nitrogens is 2. The Morgan fingerprint density at radius 2 is 1.32 bits per heavy atom. The number of nitrogens with zero attached hydrogens (tertiary/aromatic N) is 2. The molecule has 2 aromatic heterocycles. The van der Waals surface area contributed by atoms with E-state index in [2.05, 4.69) is 131 Å². The van der Waals surface area contributed by atoms with Crippen LogP contribution in [0.25, 0.3) is 38.8 Å². The third kappa shape index (κ3) is 3.44. The molecule has 0 aliphatic heterocycles. The Kier molecular flexibility index (Phi) is 5.56. The minimum absolute atomic E-state index is 0.459. The van der Waals surface area contributed by atoms with E-state index in [-0.39, 0.29) is 0 Å². The lowest BCUT2D eigenvalue weighted by Crippen LogP contribution is -2.34. The number of aryl methyl sites for hydroxylation is 3. The van der Waals surface area contributed by atoms with Gasteiger partial charge in [0, 0.05) is 16.8 Å². The smallest absolute Gasteiger partial charge is 0.236 e. The van der Waals surface area contributed by atoms with Gasteiger partial charge in [0.2, 0.25) is 0 Å². The number of fused-ring (bicyclic) bond motifs is 3. The summed E-state index contributed by atoms with van der Waals surface area (Å²) in [6.07, 6.45) is 2.30. The van der Waals surface area contributed by atoms with Gasteiger partial charge in [0.15, 0.2) is 0 Å². The first-order valence-electron chi connectivity index (χ1n) is 12.4. The maximum Gasteiger partial charge on any atom is 0.287 e. The van der Waals surface area contributed by atoms with Crippen molar-refractivity contribution in [1.82, 2.24) is 4.57 Å². The van der Waals surface area contributed by atoms with Gasteiger partial charge in [-0.15, -0.1) is 0 Å². The van der Waals surface area contributed by atoms with Gasteiger partial charge < -0.3 is 0 Å². The third-order valence-corrected chi connectivity index (χ3v) is 7.21. The minimum Gasteiger partial charge on any atom is -0.236 e. The normalized spacial score (nSPS) is 11.9. The second kappa shape index (κ2) is 8.43. The number of hydrogen-bond acceptors (Lipinski definition) is 0. The number of hydrogen-bond donors (Lipinski definition) is 0. The van der Waals surface area contributed by atoms with Crippen molar-refractivity contribution in [2.24, 2.45) is 7.05 Å². The van der Waals surface area contributed by atoms with Crippen LogP contribution in [0.15, 0.2) is 72.9 Å². The van der Waals surface area contributed by atoms with Gasteiger partial charge in [0.05, 0.1) is 13.2 Å². The van der Waals surface area contributed by atoms with Crippen molar-refractivity contribution in [3.8, 4) is 16.9 Å². The molecule has 0 bridgehead atoms. The summed E-state index contributed by atoms with van der Waals surface area (Å²) in [5, 5.41) is 2.61. The zero-order valence-electron chi connectivity index (χ0n) is 21.5. The van der Waals surface area contributed by atoms with Gasteiger partial charge in [-0.05, 0) is 77.3 Å². The van der Waals surface area contributed by atoms with Crippen LogP contribution >= 0.6 is 0 Å². The molecular weight excluding hydrogens is 412 g/mol. The van der Waals surface area contributed by atoms with Crippen molar-refractivity contribution in [2.45, 2.75) is 53.4 Å². The highest BCUT2D eigenvalue weighted by atomic mass is 15.1. The van der Waals surface area contributed by atoms with Crippen LogP contribution in [0, 0.1) is 13.8 Å². The number of para-hydroxylation sites is 2. The largest absolute Gasteiger partial charge is 0.287 e. The lowest BCUT2D eigenvalue weighted by Gasteiger charge is -2.21. The van der Waals surface area contributed by atoms with Crippen molar-refractivity contribution >= 4 is 21.8 Å². The second-order valence-electron chi connectivity index (χ2n) is 10.3. The van der Waals surface area contributed by atoms with E-state index in [0.717, 1.165) is 0 Å². The van der Waals surface area contributed by atoms with Gasteiger partial charge in [0.25, 0.3) is 5.82 Å². The molecule has 0 aliphatic carbocycles. The molecule has 0 unspecified atom stereocenters. The summed E-state index contributed by atoms with van der Waals surface area (Å²) in [7, 11) is 2.17. The predicted molar refractivity (Wildman–Crippen MR) is 145 cm³/mol. The monoisotopic (exact) mass is 447 g/mol. The average Bonchev–Trinajstić information content (AvgIpc) is 3.14. The number of rotatable bonds is 4. The van der Waals surface area contributed by atoms with Crippen molar-refractivity contribution in [1.29, 1.82) is 0 Å². The van der Waals surface area contributed by atoms with Crippen LogP contribution in [0.3, 0.4) is 0 Å². The highest BCUT2D eigenvalue weighted by molar-refractivity contribution is 6.10. The van der Waals surface area contributed by atoms with E-state index in [4.69, 9.17) is 0 Å². The standard InChI is InChI=1S/C32H35N2/c1-20(2)24-14-11-15-25(21(3)4)31(24)28-18-30(33(7)19-23(28)6)34-29-17-9-8-13-26(29)27-16-10-12-22(5)32(27)34/h8-21H,1-7H3/q+1. The Bertz CT molecular complexity index is 1510. The molecular formula is C32H35N2+. The number of benzene rings is 3. The first-order valence-corrected chi connectivity index (χ1v) is 12.4. The zero-order valence-corrected chi connectivity index (χ0v) is 21.5. The fourth-order valence-electron chi connectivity index (χ4n) is 5.55. The zero-order chi connectivity index (χ0) is 24.1. The van der Waals surface area contributed by atoms with Crippen molar-refractivity contribution in [3.63, 3.8) is 0 Å². The van der Waals surface area contributed by atoms with Gasteiger partial charge in [-0.1, -0.05) is 70.2 Å². The molecule has 0 saturated carbocycles. The summed E-state index contributed by atoms with van der Waals surface area (Å²) >= 11 is 0. The third-order valence-electron chi connectivity index (χ3n) is 7.21. The molecule has 2 nitrogen and oxygen atoms in total. The van der Waals surface area contributed by atoms with E-state index in [1.165, 1.54) is 61.0 Å². The maximum atomic E-state index is 2.45. The highest BCUT2D eigenvalue weighted by Gasteiger charge is 2.25. The van der Waals surface area contributed by atoms with Crippen molar-refractivity contribution in [2.75, 3.05) is 0 Å². The second-order valence-corrected chi connectivity index (χ2v) is 10.3. The van der Waals surface area contributed by atoms with Gasteiger partial charge >= 0.3 is 0 Å². The SMILES string of the molecule is Cc1c[n+](C)c(-n2c3ccccc3c3cccc(C)c32)cc1-c1c(C(C)C)cccc1C(C)C. The molecule has 5 rings (SSSR count). The van der Waals surface area contributed by atoms with Crippen molar-refractivity contribution in [3.05, 3.63) is 95.2 Å². The Morgan fingerprint density at radius 1 is 0.706 bits per heavy atom. The Morgan fingerprint density at radius 3 is 2.00 bits per heavy atom. The van der Waals surface area contributed by atoms with Crippen LogP contribution in [-0.4, -0.2) is 4.57 Å². The van der Waals surface area contributed by atoms with E-state index < -0.39 is 0 Å². The maximum absolute atomic E-state index is 2.45. The quantitative estimate of drug-likeness (QED) is 0.246. The minimum atomic E-state index is 0.459. The summed E-state index contributed by atoms with van der Waals surface area (Å²) in [4.78, 5) is 0. The Labute approximate surface area is 203 Å². The molecule has 172 valence electrons. The van der Waals surface area contributed by atoms with Crippen LogP contribution in [0.1, 0.15) is 61.8 Å². The molecule has 3 aromatic carbocycles. The van der Waals surface area contributed by atoms with Gasteiger partial charge in [0.1, 0.15) is 11.0 Å². The lowest BCUT2D eigenvalue weighted by atomic mass is 9.84. The van der Waals surface area contributed by atoms with E-state index >= 15 is 0 Å². The van der Waals surface area contributed by atoms with Crippen LogP contribution in [-0.2, 0) is 7.05 Å². The first-order chi connectivity index (χ1) is 16.3. The molecule has 0 aliphatic rings. The summed E-state index contributed by atoms with van der Waals surface area (Å²) < 4.78 is 4.74. The summed E-state index contributed by atoms with van der Waals surface area (Å²) in [5.74, 6) is 2.11. The van der Waals surface area contributed by atoms with Crippen LogP contribution in [0.5, 0.6) is 0 Å². The van der Waals surface area contributed by atoms with Crippen molar-refractivity contribution < 1.29 is 4.57 Å². The van der Waals surface area contributed by atoms with Gasteiger partial charge in [-0.3, -0.25) is 0 Å². The molecule has 0 saturated heterocycles. The fraction of sp³-hybridized carbons (Fsp3) is 0.281. The van der Waals surface area contributed by atoms with Crippen LogP contribution in [0.4, 0.5) is 0 Å². The molecule has 2 heteroatoms. The summed E-state index contributed by atoms with van der Waals surface area (Å²) in [5.41, 5.74) is 10.7. The topological polar surface area (TPSA) is 8.81 Å². The Balaban J connectivity index is 1.90. The summed E-state index contributed by atoms with van der Waals surface area (Å²) in [6.45, 7) is 13.7. The molecule has 0 atom stereocenters. The lowest BCUT2D eigenvalue weighted by molar-refractivity contribution is -0.665. The fourth-order valence-corrected chi connectivity index (χ4v) is 5.55. The predicted octanol–water partition coefficient (Wildman–Crippen LogP) is 8.14.